The predicted octanol–water partition coefficient (Wildman–Crippen LogP) is -1.16. The summed E-state index contributed by atoms with van der Waals surface area (Å²) in [4.78, 5) is 0. The van der Waals surface area contributed by atoms with Crippen LogP contribution in [0.2, 0.25) is 0 Å². The zero-order chi connectivity index (χ0) is 9.52. The van der Waals surface area contributed by atoms with Gasteiger partial charge in [-0.15, -0.1) is 6.42 Å². The van der Waals surface area contributed by atoms with Crippen LogP contribution in [0.3, 0.4) is 0 Å². The van der Waals surface area contributed by atoms with Gasteiger partial charge in [-0.05, 0) is 18.9 Å². The first-order valence-electron chi connectivity index (χ1n) is 4.53. The molecule has 0 fully saturated rings. The molecule has 1 aromatic carbocycles. The Bertz CT molecular complexity index is 276. The molecule has 0 amide bonds. The van der Waals surface area contributed by atoms with Crippen LogP contribution in [-0.4, -0.2) is 12.6 Å². The molecular weight excluding hydrogens is 194 g/mol. The third-order valence-corrected chi connectivity index (χ3v) is 1.94. The van der Waals surface area contributed by atoms with Crippen LogP contribution >= 0.6 is 0 Å². The van der Waals surface area contributed by atoms with E-state index >= 15 is 0 Å². The van der Waals surface area contributed by atoms with Crippen LogP contribution < -0.4 is 17.7 Å². The van der Waals surface area contributed by atoms with E-state index < -0.39 is 0 Å². The third-order valence-electron chi connectivity index (χ3n) is 1.94. The SMILES string of the molecule is C#CCN[C@H](C)Cc1ccccc1.[Cl-]. The molecule has 2 heteroatoms. The number of hydrogen-bond acceptors (Lipinski definition) is 1. The first-order chi connectivity index (χ1) is 6.33. The van der Waals surface area contributed by atoms with Crippen LogP contribution in [-0.2, 0) is 6.42 Å². The van der Waals surface area contributed by atoms with Crippen LogP contribution in [0.25, 0.3) is 0 Å². The number of benzene rings is 1. The lowest BCUT2D eigenvalue weighted by molar-refractivity contribution is -0.00000287. The predicted molar refractivity (Wildman–Crippen MR) is 56.4 cm³/mol. The molecule has 76 valence electrons. The van der Waals surface area contributed by atoms with E-state index in [1.807, 2.05) is 6.07 Å². The molecule has 0 spiro atoms. The van der Waals surface area contributed by atoms with Crippen molar-refractivity contribution in [3.05, 3.63) is 35.9 Å². The molecule has 0 aliphatic heterocycles. The Kier molecular flexibility index (Phi) is 6.92. The summed E-state index contributed by atoms with van der Waals surface area (Å²) in [6.07, 6.45) is 6.19. The maximum atomic E-state index is 5.16. The smallest absolute Gasteiger partial charge is 0.0575 e. The van der Waals surface area contributed by atoms with Crippen molar-refractivity contribution in [3.63, 3.8) is 0 Å². The van der Waals surface area contributed by atoms with Gasteiger partial charge in [-0.3, -0.25) is 0 Å². The summed E-state index contributed by atoms with van der Waals surface area (Å²) in [6.45, 7) is 2.79. The summed E-state index contributed by atoms with van der Waals surface area (Å²) in [5, 5.41) is 3.24. The molecule has 0 heterocycles. The van der Waals surface area contributed by atoms with E-state index in [9.17, 15) is 0 Å². The molecule has 1 N–H and O–H groups in total. The Balaban J connectivity index is 0.00000169. The fourth-order valence-electron chi connectivity index (χ4n) is 1.27. The third kappa shape index (κ3) is 4.91. The van der Waals surface area contributed by atoms with Crippen molar-refractivity contribution < 1.29 is 12.4 Å². The summed E-state index contributed by atoms with van der Waals surface area (Å²) >= 11 is 0. The van der Waals surface area contributed by atoms with Gasteiger partial charge in [0.15, 0.2) is 0 Å². The van der Waals surface area contributed by atoms with Gasteiger partial charge >= 0.3 is 0 Å². The van der Waals surface area contributed by atoms with E-state index in [2.05, 4.69) is 42.4 Å². The van der Waals surface area contributed by atoms with Crippen molar-refractivity contribution in [1.29, 1.82) is 0 Å². The molecule has 0 bridgehead atoms. The van der Waals surface area contributed by atoms with Crippen molar-refractivity contribution in [2.24, 2.45) is 0 Å². The van der Waals surface area contributed by atoms with Gasteiger partial charge in [-0.2, -0.15) is 0 Å². The normalized spacial score (nSPS) is 11.1. The quantitative estimate of drug-likeness (QED) is 0.616. The second kappa shape index (κ2) is 7.44. The minimum Gasteiger partial charge on any atom is -1.00 e. The average Bonchev–Trinajstić information content (AvgIpc) is 2.16. The van der Waals surface area contributed by atoms with E-state index in [0.717, 1.165) is 6.42 Å². The molecule has 1 atom stereocenters. The maximum absolute atomic E-state index is 5.16. The van der Waals surface area contributed by atoms with E-state index in [-0.39, 0.29) is 12.4 Å². The van der Waals surface area contributed by atoms with Gasteiger partial charge in [0, 0.05) is 6.04 Å². The Morgan fingerprint density at radius 3 is 2.57 bits per heavy atom. The van der Waals surface area contributed by atoms with Crippen LogP contribution in [0, 0.1) is 12.3 Å². The van der Waals surface area contributed by atoms with E-state index in [1.54, 1.807) is 0 Å². The van der Waals surface area contributed by atoms with Gasteiger partial charge < -0.3 is 17.7 Å². The number of nitrogens with one attached hydrogen (secondary N) is 1. The Labute approximate surface area is 92.3 Å². The monoisotopic (exact) mass is 208 g/mol. The number of rotatable bonds is 4. The lowest BCUT2D eigenvalue weighted by Gasteiger charge is -2.11. The van der Waals surface area contributed by atoms with Crippen LogP contribution in [0.1, 0.15) is 12.5 Å². The molecule has 0 radical (unpaired) electrons. The van der Waals surface area contributed by atoms with Crippen molar-refractivity contribution in [2.75, 3.05) is 6.54 Å². The molecular formula is C12H15ClN-. The van der Waals surface area contributed by atoms with Crippen LogP contribution in [0.15, 0.2) is 30.3 Å². The highest BCUT2D eigenvalue weighted by molar-refractivity contribution is 5.15. The zero-order valence-corrected chi connectivity index (χ0v) is 9.09. The van der Waals surface area contributed by atoms with E-state index in [1.165, 1.54) is 5.56 Å². The van der Waals surface area contributed by atoms with Gasteiger partial charge in [0.05, 0.1) is 6.54 Å². The minimum absolute atomic E-state index is 0. The van der Waals surface area contributed by atoms with Gasteiger partial charge in [-0.25, -0.2) is 0 Å². The van der Waals surface area contributed by atoms with Crippen LogP contribution in [0.4, 0.5) is 0 Å². The van der Waals surface area contributed by atoms with Gasteiger partial charge in [-0.1, -0.05) is 36.3 Å². The van der Waals surface area contributed by atoms with Crippen molar-refractivity contribution >= 4 is 0 Å². The highest BCUT2D eigenvalue weighted by Crippen LogP contribution is 2.01. The molecule has 0 aliphatic carbocycles. The molecule has 14 heavy (non-hydrogen) atoms. The van der Waals surface area contributed by atoms with Crippen molar-refractivity contribution in [1.82, 2.24) is 5.32 Å². The number of hydrogen-bond donors (Lipinski definition) is 1. The van der Waals surface area contributed by atoms with E-state index in [4.69, 9.17) is 6.42 Å². The Morgan fingerprint density at radius 2 is 2.00 bits per heavy atom. The first-order valence-corrected chi connectivity index (χ1v) is 4.53. The van der Waals surface area contributed by atoms with Crippen LogP contribution in [0.5, 0.6) is 0 Å². The molecule has 1 nitrogen and oxygen atoms in total. The number of halogens is 1. The summed E-state index contributed by atoms with van der Waals surface area (Å²) in [7, 11) is 0. The first kappa shape index (κ1) is 13.0. The summed E-state index contributed by atoms with van der Waals surface area (Å²) < 4.78 is 0. The second-order valence-corrected chi connectivity index (χ2v) is 3.18. The zero-order valence-electron chi connectivity index (χ0n) is 8.33. The highest BCUT2D eigenvalue weighted by Gasteiger charge is 2.00. The molecule has 0 aliphatic rings. The Morgan fingerprint density at radius 1 is 1.36 bits per heavy atom. The fraction of sp³-hybridized carbons (Fsp3) is 0.333. The largest absolute Gasteiger partial charge is 1.00 e. The van der Waals surface area contributed by atoms with Gasteiger partial charge in [0.2, 0.25) is 0 Å². The average molecular weight is 209 g/mol. The van der Waals surface area contributed by atoms with Gasteiger partial charge in [0.1, 0.15) is 0 Å². The summed E-state index contributed by atoms with van der Waals surface area (Å²) in [6, 6.07) is 10.9. The molecule has 1 rings (SSSR count). The Hall–Kier alpha value is -0.970. The molecule has 1 aromatic rings. The molecule has 0 unspecified atom stereocenters. The second-order valence-electron chi connectivity index (χ2n) is 3.18. The lowest BCUT2D eigenvalue weighted by atomic mass is 10.1. The molecule has 0 saturated heterocycles. The standard InChI is InChI=1S/C12H15N.ClH/c1-3-9-13-11(2)10-12-7-5-4-6-8-12;/h1,4-8,11,13H,9-10H2,2H3;1H/p-1/t11-;/m1./s1. The summed E-state index contributed by atoms with van der Waals surface area (Å²) in [5.74, 6) is 2.57. The fourth-order valence-corrected chi connectivity index (χ4v) is 1.27. The molecule has 0 saturated carbocycles. The minimum atomic E-state index is 0. The highest BCUT2D eigenvalue weighted by atomic mass is 35.5. The van der Waals surface area contributed by atoms with Crippen molar-refractivity contribution in [2.45, 2.75) is 19.4 Å². The summed E-state index contributed by atoms with van der Waals surface area (Å²) in [5.41, 5.74) is 1.35. The van der Waals surface area contributed by atoms with E-state index in [0.29, 0.717) is 12.6 Å². The maximum Gasteiger partial charge on any atom is 0.0575 e. The topological polar surface area (TPSA) is 12.0 Å². The molecule has 0 aromatic heterocycles. The van der Waals surface area contributed by atoms with Crippen molar-refractivity contribution in [3.8, 4) is 12.3 Å². The number of terminal acetylenes is 1. The van der Waals surface area contributed by atoms with Gasteiger partial charge in [0.25, 0.3) is 0 Å². The lowest BCUT2D eigenvalue weighted by Crippen LogP contribution is -3.00.